The molecule has 0 aliphatic heterocycles. The highest BCUT2D eigenvalue weighted by Gasteiger charge is 2.11. The van der Waals surface area contributed by atoms with Gasteiger partial charge in [0.1, 0.15) is 0 Å². The largest absolute Gasteiger partial charge is 0.0807 e. The van der Waals surface area contributed by atoms with E-state index in [2.05, 4.69) is 32.1 Å². The Morgan fingerprint density at radius 1 is 1.29 bits per heavy atom. The Morgan fingerprint density at radius 2 is 2.07 bits per heavy atom. The Kier molecular flexibility index (Phi) is 2.20. The van der Waals surface area contributed by atoms with Gasteiger partial charge in [-0.25, -0.2) is 0 Å². The van der Waals surface area contributed by atoms with Crippen LogP contribution in [0.15, 0.2) is 48.1 Å². The van der Waals surface area contributed by atoms with E-state index in [1.165, 1.54) is 11.1 Å². The van der Waals surface area contributed by atoms with Crippen LogP contribution < -0.4 is 0 Å². The summed E-state index contributed by atoms with van der Waals surface area (Å²) < 4.78 is 8.46. The van der Waals surface area contributed by atoms with E-state index in [4.69, 9.17) is 1.37 Å². The summed E-state index contributed by atoms with van der Waals surface area (Å²) in [7, 11) is 0. The molecule has 14 heavy (non-hydrogen) atoms. The summed E-state index contributed by atoms with van der Waals surface area (Å²) in [5.74, 6) is -0.565. The molecule has 1 atom stereocenters. The molecule has 1 aromatic carbocycles. The van der Waals surface area contributed by atoms with Gasteiger partial charge in [-0.1, -0.05) is 48.1 Å². The zero-order chi connectivity index (χ0) is 10.9. The molecule has 0 amide bonds. The lowest BCUT2D eigenvalue weighted by Gasteiger charge is -2.17. The normalized spacial score (nSPS) is 27.0. The Labute approximate surface area is 87.4 Å². The molecule has 0 N–H and O–H groups in total. The van der Waals surface area contributed by atoms with Crippen LogP contribution in [0.3, 0.4) is 0 Å². The van der Waals surface area contributed by atoms with Crippen molar-refractivity contribution in [3.8, 4) is 0 Å². The smallest absolute Gasteiger partial charge is 0.0399 e. The van der Waals surface area contributed by atoms with Crippen molar-refractivity contribution in [2.75, 3.05) is 0 Å². The molecule has 0 heteroatoms. The number of hydrogen-bond acceptors (Lipinski definition) is 0. The van der Waals surface area contributed by atoms with Gasteiger partial charge in [0, 0.05) is 7.26 Å². The van der Waals surface area contributed by atoms with E-state index < -0.39 is 5.89 Å². The van der Waals surface area contributed by atoms with E-state index in [9.17, 15) is 0 Å². The lowest BCUT2D eigenvalue weighted by atomic mass is 9.88. The maximum absolute atomic E-state index is 8.46. The molecular weight excluding hydrogens is 168 g/mol. The molecule has 0 fully saturated rings. The minimum absolute atomic E-state index is 0.565. The molecule has 2 rings (SSSR count). The SMILES string of the molecule is [2H]C1(c2ccccc2C)C=CC(C)=CC1. The van der Waals surface area contributed by atoms with Crippen LogP contribution in [-0.4, -0.2) is 0 Å². The van der Waals surface area contributed by atoms with Gasteiger partial charge in [-0.2, -0.15) is 0 Å². The Hall–Kier alpha value is -1.30. The number of hydrogen-bond donors (Lipinski definition) is 0. The van der Waals surface area contributed by atoms with E-state index in [0.29, 0.717) is 0 Å². The summed E-state index contributed by atoms with van der Waals surface area (Å²) in [4.78, 5) is 0. The van der Waals surface area contributed by atoms with Gasteiger partial charge in [0.05, 0.1) is 0 Å². The van der Waals surface area contributed by atoms with Crippen molar-refractivity contribution >= 4 is 0 Å². The number of benzene rings is 1. The van der Waals surface area contributed by atoms with Crippen molar-refractivity contribution < 1.29 is 1.37 Å². The molecule has 0 spiro atoms. The van der Waals surface area contributed by atoms with Gasteiger partial charge in [0.15, 0.2) is 0 Å². The molecule has 1 unspecified atom stereocenters. The number of aryl methyl sites for hydroxylation is 1. The highest BCUT2D eigenvalue weighted by atomic mass is 14.2. The van der Waals surface area contributed by atoms with Crippen LogP contribution in [0.4, 0.5) is 0 Å². The molecule has 0 bridgehead atoms. The lowest BCUT2D eigenvalue weighted by Crippen LogP contribution is -1.99. The third-order valence-electron chi connectivity index (χ3n) is 2.68. The summed E-state index contributed by atoms with van der Waals surface area (Å²) in [6, 6.07) is 8.17. The highest BCUT2D eigenvalue weighted by molar-refractivity contribution is 5.36. The minimum Gasteiger partial charge on any atom is -0.0807 e. The van der Waals surface area contributed by atoms with Crippen molar-refractivity contribution in [2.24, 2.45) is 0 Å². The summed E-state index contributed by atoms with van der Waals surface area (Å²) in [5.41, 5.74) is 3.57. The molecular formula is C14H16. The second-order valence-electron chi connectivity index (χ2n) is 3.83. The van der Waals surface area contributed by atoms with Crippen LogP contribution in [0, 0.1) is 6.92 Å². The molecule has 0 heterocycles. The molecule has 0 radical (unpaired) electrons. The predicted molar refractivity (Wildman–Crippen MR) is 61.4 cm³/mol. The van der Waals surface area contributed by atoms with E-state index >= 15 is 0 Å². The Balaban J connectivity index is 2.40. The first-order chi connectivity index (χ1) is 7.12. The van der Waals surface area contributed by atoms with Crippen molar-refractivity contribution in [1.29, 1.82) is 0 Å². The van der Waals surface area contributed by atoms with Crippen LogP contribution >= 0.6 is 0 Å². The lowest BCUT2D eigenvalue weighted by molar-refractivity contribution is 0.837. The van der Waals surface area contributed by atoms with Gasteiger partial charge in [-0.05, 0) is 31.4 Å². The summed E-state index contributed by atoms with van der Waals surface area (Å²) in [5, 5.41) is 0. The summed E-state index contributed by atoms with van der Waals surface area (Å²) >= 11 is 0. The molecule has 1 aliphatic carbocycles. The second kappa shape index (κ2) is 3.83. The summed E-state index contributed by atoms with van der Waals surface area (Å²) in [6.07, 6.45) is 6.97. The average molecular weight is 185 g/mol. The molecule has 0 nitrogen and oxygen atoms in total. The zero-order valence-corrected chi connectivity index (χ0v) is 8.75. The first kappa shape index (κ1) is 8.05. The van der Waals surface area contributed by atoms with Crippen LogP contribution in [0.5, 0.6) is 0 Å². The second-order valence-corrected chi connectivity index (χ2v) is 3.83. The predicted octanol–water partition coefficient (Wildman–Crippen LogP) is 3.98. The van der Waals surface area contributed by atoms with Gasteiger partial charge in [0.25, 0.3) is 0 Å². The molecule has 0 saturated carbocycles. The fourth-order valence-corrected chi connectivity index (χ4v) is 1.77. The van der Waals surface area contributed by atoms with Gasteiger partial charge >= 0.3 is 0 Å². The van der Waals surface area contributed by atoms with Gasteiger partial charge < -0.3 is 0 Å². The molecule has 72 valence electrons. The third kappa shape index (κ3) is 1.79. The summed E-state index contributed by atoms with van der Waals surface area (Å²) in [6.45, 7) is 4.15. The number of rotatable bonds is 1. The van der Waals surface area contributed by atoms with Gasteiger partial charge in [-0.3, -0.25) is 0 Å². The Morgan fingerprint density at radius 3 is 2.71 bits per heavy atom. The fourth-order valence-electron chi connectivity index (χ4n) is 1.77. The van der Waals surface area contributed by atoms with Crippen molar-refractivity contribution in [3.63, 3.8) is 0 Å². The minimum atomic E-state index is -0.565. The molecule has 0 saturated heterocycles. The molecule has 0 aromatic heterocycles. The van der Waals surface area contributed by atoms with Crippen LogP contribution in [0.2, 0.25) is 0 Å². The van der Waals surface area contributed by atoms with Crippen molar-refractivity contribution in [3.05, 3.63) is 59.2 Å². The van der Waals surface area contributed by atoms with Crippen LogP contribution in [0.25, 0.3) is 0 Å². The number of allylic oxidation sites excluding steroid dienone is 4. The Bertz CT molecular complexity index is 429. The quantitative estimate of drug-likeness (QED) is 0.620. The zero-order valence-electron chi connectivity index (χ0n) is 9.75. The molecule has 1 aromatic rings. The van der Waals surface area contributed by atoms with Crippen LogP contribution in [-0.2, 0) is 0 Å². The first-order valence-corrected chi connectivity index (χ1v) is 5.04. The maximum Gasteiger partial charge on any atom is 0.0399 e. The van der Waals surface area contributed by atoms with E-state index in [1.807, 2.05) is 24.3 Å². The first-order valence-electron chi connectivity index (χ1n) is 5.54. The van der Waals surface area contributed by atoms with Crippen LogP contribution in [0.1, 0.15) is 31.7 Å². The average Bonchev–Trinajstić information content (AvgIpc) is 2.23. The maximum atomic E-state index is 8.46. The monoisotopic (exact) mass is 185 g/mol. The standard InChI is InChI=1S/C14H16/c1-11-7-9-13(10-8-11)14-6-4-3-5-12(14)2/h3-9,13H,10H2,1-2H3/i13D. The van der Waals surface area contributed by atoms with Gasteiger partial charge in [-0.15, -0.1) is 0 Å². The van der Waals surface area contributed by atoms with Crippen molar-refractivity contribution in [2.45, 2.75) is 26.2 Å². The van der Waals surface area contributed by atoms with E-state index in [0.717, 1.165) is 12.0 Å². The van der Waals surface area contributed by atoms with E-state index in [1.54, 1.807) is 0 Å². The molecule has 1 aliphatic rings. The third-order valence-corrected chi connectivity index (χ3v) is 2.68. The fraction of sp³-hybridized carbons (Fsp3) is 0.286. The highest BCUT2D eigenvalue weighted by Crippen LogP contribution is 2.28. The van der Waals surface area contributed by atoms with Gasteiger partial charge in [0.2, 0.25) is 0 Å². The topological polar surface area (TPSA) is 0 Å². The van der Waals surface area contributed by atoms with Crippen molar-refractivity contribution in [1.82, 2.24) is 0 Å². The van der Waals surface area contributed by atoms with E-state index in [-0.39, 0.29) is 0 Å².